The van der Waals surface area contributed by atoms with Crippen molar-refractivity contribution in [1.82, 2.24) is 24.9 Å². The topological polar surface area (TPSA) is 163 Å². The molecule has 1 aliphatic carbocycles. The van der Waals surface area contributed by atoms with Gasteiger partial charge in [-0.15, -0.1) is 4.83 Å². The van der Waals surface area contributed by atoms with Gasteiger partial charge in [0.05, 0.1) is 0 Å². The van der Waals surface area contributed by atoms with Gasteiger partial charge in [0.15, 0.2) is 22.5 Å². The van der Waals surface area contributed by atoms with E-state index in [0.717, 1.165) is 38.4 Å². The van der Waals surface area contributed by atoms with Crippen molar-refractivity contribution in [2.45, 2.75) is 58.0 Å². The van der Waals surface area contributed by atoms with Crippen molar-refractivity contribution >= 4 is 45.7 Å². The number of hydrogen-bond donors (Lipinski definition) is 5. The summed E-state index contributed by atoms with van der Waals surface area (Å²) in [5.41, 5.74) is 7.74. The van der Waals surface area contributed by atoms with Crippen LogP contribution < -0.4 is 26.0 Å². The molecule has 11 nitrogen and oxygen atoms in total. The molecule has 0 radical (unpaired) electrons. The number of anilines is 2. The van der Waals surface area contributed by atoms with E-state index in [9.17, 15) is 13.2 Å². The molecule has 0 unspecified atom stereocenters. The molecule has 13 heteroatoms. The highest BCUT2D eigenvalue weighted by Crippen LogP contribution is 2.21. The fraction of sp³-hybridized carbons (Fsp3) is 0.600. The van der Waals surface area contributed by atoms with Crippen LogP contribution in [0, 0.1) is 0 Å². The van der Waals surface area contributed by atoms with Crippen LogP contribution in [0.25, 0.3) is 0 Å². The Labute approximate surface area is 169 Å². The Morgan fingerprint density at radius 1 is 1.29 bits per heavy atom. The summed E-state index contributed by atoms with van der Waals surface area (Å²) in [4.78, 5) is 25.6. The van der Waals surface area contributed by atoms with Crippen LogP contribution in [0.4, 0.5) is 11.6 Å². The smallest absolute Gasteiger partial charge is 0.300 e. The zero-order valence-corrected chi connectivity index (χ0v) is 17.3. The number of aromatic nitrogens is 2. The van der Waals surface area contributed by atoms with Gasteiger partial charge in [-0.25, -0.2) is 9.97 Å². The monoisotopic (exact) mass is 432 g/mol. The normalized spacial score (nSPS) is 15.9. The van der Waals surface area contributed by atoms with Gasteiger partial charge in [0, 0.05) is 12.1 Å². The number of hydrazine groups is 1. The Kier molecular flexibility index (Phi) is 7.92. The fourth-order valence-electron chi connectivity index (χ4n) is 2.68. The molecular weight excluding hydrogens is 408 g/mol. The maximum absolute atomic E-state index is 12.1. The number of aliphatic imine (C=N–C) groups is 1. The van der Waals surface area contributed by atoms with Crippen LogP contribution in [0.5, 0.6) is 0 Å². The van der Waals surface area contributed by atoms with E-state index >= 15 is 0 Å². The van der Waals surface area contributed by atoms with Crippen LogP contribution in [-0.2, 0) is 10.2 Å². The van der Waals surface area contributed by atoms with Gasteiger partial charge in [0.25, 0.3) is 10.2 Å². The average Bonchev–Trinajstić information content (AvgIpc) is 2.61. The minimum absolute atomic E-state index is 0.0215. The Balaban J connectivity index is 1.91. The fourth-order valence-corrected chi connectivity index (χ4v) is 3.80. The lowest BCUT2D eigenvalue weighted by molar-refractivity contribution is 0.0999. The SMILES string of the molecule is CC(C)Nc1nc(N)c(C(=O)N=CNNS(=O)(=O)NC2CCCCC2)nc1Cl. The maximum Gasteiger partial charge on any atom is 0.300 e. The predicted octanol–water partition coefficient (Wildman–Crippen LogP) is 0.962. The molecule has 1 aromatic rings. The summed E-state index contributed by atoms with van der Waals surface area (Å²) in [5, 5.41) is 2.93. The second-order valence-corrected chi connectivity index (χ2v) is 8.47. The Morgan fingerprint density at radius 2 is 1.96 bits per heavy atom. The molecule has 1 fully saturated rings. The summed E-state index contributed by atoms with van der Waals surface area (Å²) in [6.45, 7) is 3.76. The molecule has 0 saturated heterocycles. The number of nitrogens with one attached hydrogen (secondary N) is 4. The molecule has 1 saturated carbocycles. The Morgan fingerprint density at radius 3 is 2.61 bits per heavy atom. The van der Waals surface area contributed by atoms with E-state index in [-0.39, 0.29) is 34.6 Å². The number of hydrogen-bond acceptors (Lipinski definition) is 7. The molecule has 0 atom stereocenters. The number of halogens is 1. The number of nitrogen functional groups attached to an aromatic ring is 1. The van der Waals surface area contributed by atoms with E-state index in [4.69, 9.17) is 17.3 Å². The van der Waals surface area contributed by atoms with E-state index in [1.54, 1.807) is 0 Å². The summed E-state index contributed by atoms with van der Waals surface area (Å²) in [6, 6.07) is -0.0491. The van der Waals surface area contributed by atoms with E-state index in [1.807, 2.05) is 13.8 Å². The maximum atomic E-state index is 12.1. The lowest BCUT2D eigenvalue weighted by Crippen LogP contribution is -2.48. The molecule has 28 heavy (non-hydrogen) atoms. The number of carbonyl (C=O) groups is 1. The molecule has 6 N–H and O–H groups in total. The first kappa shape index (κ1) is 22.3. The van der Waals surface area contributed by atoms with Crippen molar-refractivity contribution in [2.24, 2.45) is 4.99 Å². The first-order chi connectivity index (χ1) is 13.2. The average molecular weight is 433 g/mol. The van der Waals surface area contributed by atoms with Gasteiger partial charge >= 0.3 is 5.91 Å². The molecular formula is C15H25ClN8O3S. The third-order valence-electron chi connectivity index (χ3n) is 3.87. The summed E-state index contributed by atoms with van der Waals surface area (Å²) >= 11 is 5.99. The zero-order valence-electron chi connectivity index (χ0n) is 15.7. The van der Waals surface area contributed by atoms with Crippen LogP contribution >= 0.6 is 11.6 Å². The molecule has 156 valence electrons. The predicted molar refractivity (Wildman–Crippen MR) is 108 cm³/mol. The van der Waals surface area contributed by atoms with Gasteiger partial charge < -0.3 is 11.1 Å². The summed E-state index contributed by atoms with van der Waals surface area (Å²) in [6.07, 6.45) is 5.59. The van der Waals surface area contributed by atoms with Crippen LogP contribution in [0.3, 0.4) is 0 Å². The largest absolute Gasteiger partial charge is 0.382 e. The molecule has 1 aromatic heterocycles. The van der Waals surface area contributed by atoms with Crippen LogP contribution in [0.1, 0.15) is 56.4 Å². The first-order valence-electron chi connectivity index (χ1n) is 8.89. The van der Waals surface area contributed by atoms with Gasteiger partial charge in [-0.2, -0.15) is 18.1 Å². The number of nitrogens with zero attached hydrogens (tertiary/aromatic N) is 3. The first-order valence-corrected chi connectivity index (χ1v) is 10.7. The van der Waals surface area contributed by atoms with Gasteiger partial charge in [-0.1, -0.05) is 30.9 Å². The number of rotatable bonds is 8. The third-order valence-corrected chi connectivity index (χ3v) is 5.17. The molecule has 1 aliphatic rings. The van der Waals surface area contributed by atoms with E-state index in [0.29, 0.717) is 0 Å². The van der Waals surface area contributed by atoms with Gasteiger partial charge in [0.1, 0.15) is 6.34 Å². The molecule has 0 bridgehead atoms. The van der Waals surface area contributed by atoms with Crippen molar-refractivity contribution < 1.29 is 13.2 Å². The third kappa shape index (κ3) is 6.86. The number of amides is 1. The molecule has 0 aromatic carbocycles. The van der Waals surface area contributed by atoms with E-state index in [2.05, 4.69) is 35.3 Å². The highest BCUT2D eigenvalue weighted by Gasteiger charge is 2.20. The quantitative estimate of drug-likeness (QED) is 0.230. The van der Waals surface area contributed by atoms with Crippen molar-refractivity contribution in [3.8, 4) is 0 Å². The van der Waals surface area contributed by atoms with E-state index < -0.39 is 16.1 Å². The van der Waals surface area contributed by atoms with Crippen molar-refractivity contribution in [2.75, 3.05) is 11.1 Å². The number of carbonyl (C=O) groups excluding carboxylic acids is 1. The van der Waals surface area contributed by atoms with Crippen LogP contribution in [0.15, 0.2) is 4.99 Å². The standard InChI is InChI=1S/C15H25ClN8O3S/c1-9(2)20-14-12(16)21-11(13(17)22-14)15(25)18-8-19-24-28(26,27)23-10-6-4-3-5-7-10/h8-10,23-24H,3-7H2,1-2H3,(H3,17,20,22)(H,18,19,25). The zero-order chi connectivity index (χ0) is 20.7. The van der Waals surface area contributed by atoms with Gasteiger partial charge in [0.2, 0.25) is 0 Å². The summed E-state index contributed by atoms with van der Waals surface area (Å²) in [7, 11) is -3.77. The second kappa shape index (κ2) is 9.96. The Hall–Kier alpha value is -2.02. The van der Waals surface area contributed by atoms with Crippen LogP contribution in [-0.4, -0.2) is 42.7 Å². The second-order valence-electron chi connectivity index (χ2n) is 6.66. The molecule has 1 heterocycles. The lowest BCUT2D eigenvalue weighted by atomic mass is 9.96. The van der Waals surface area contributed by atoms with Crippen molar-refractivity contribution in [3.63, 3.8) is 0 Å². The highest BCUT2D eigenvalue weighted by molar-refractivity contribution is 7.87. The minimum Gasteiger partial charge on any atom is -0.382 e. The highest BCUT2D eigenvalue weighted by atomic mass is 35.5. The minimum atomic E-state index is -3.77. The van der Waals surface area contributed by atoms with Crippen LogP contribution in [0.2, 0.25) is 5.15 Å². The lowest BCUT2D eigenvalue weighted by Gasteiger charge is -2.22. The van der Waals surface area contributed by atoms with E-state index in [1.165, 1.54) is 0 Å². The van der Waals surface area contributed by atoms with Gasteiger partial charge in [-0.3, -0.25) is 10.2 Å². The summed E-state index contributed by atoms with van der Waals surface area (Å²) < 4.78 is 26.4. The number of nitrogens with two attached hydrogens (primary N) is 1. The molecule has 2 rings (SSSR count). The molecule has 0 aliphatic heterocycles. The Bertz CT molecular complexity index is 825. The summed E-state index contributed by atoms with van der Waals surface area (Å²) in [5.74, 6) is -0.710. The van der Waals surface area contributed by atoms with Gasteiger partial charge in [-0.05, 0) is 26.7 Å². The van der Waals surface area contributed by atoms with Crippen molar-refractivity contribution in [1.29, 1.82) is 0 Å². The molecule has 0 spiro atoms. The van der Waals surface area contributed by atoms with Crippen molar-refractivity contribution in [3.05, 3.63) is 10.8 Å². The molecule has 1 amide bonds.